The van der Waals surface area contributed by atoms with E-state index in [4.69, 9.17) is 0 Å². The SMILES string of the molecule is Fc1ccc(N=Nc2ccc(F)c(-c3csc(Nc4cccc(C(F)(F)F)c4)n3)c2)cc1-c1csc(Nc2cccc(C(F)(F)F)c2)n1. The number of rotatable bonds is 8. The summed E-state index contributed by atoms with van der Waals surface area (Å²) in [6, 6.07) is 17.0. The van der Waals surface area contributed by atoms with Crippen LogP contribution in [0.15, 0.2) is 106 Å². The van der Waals surface area contributed by atoms with E-state index < -0.39 is 35.1 Å². The second-order valence-corrected chi connectivity index (χ2v) is 11.7. The molecule has 0 amide bonds. The highest BCUT2D eigenvalue weighted by Crippen LogP contribution is 2.36. The molecule has 0 fully saturated rings. The van der Waals surface area contributed by atoms with E-state index in [0.29, 0.717) is 0 Å². The van der Waals surface area contributed by atoms with Crippen LogP contribution in [0.2, 0.25) is 0 Å². The monoisotopic (exact) mass is 702 g/mol. The number of thiazole rings is 2. The summed E-state index contributed by atoms with van der Waals surface area (Å²) in [4.78, 5) is 8.59. The van der Waals surface area contributed by atoms with Gasteiger partial charge in [0.1, 0.15) is 11.6 Å². The Balaban J connectivity index is 1.18. The zero-order valence-corrected chi connectivity index (χ0v) is 25.5. The number of aromatic nitrogens is 2. The highest BCUT2D eigenvalue weighted by atomic mass is 32.1. The molecule has 2 heterocycles. The summed E-state index contributed by atoms with van der Waals surface area (Å²) in [7, 11) is 0. The molecule has 0 saturated heterocycles. The molecule has 0 spiro atoms. The molecule has 6 nitrogen and oxygen atoms in total. The van der Waals surface area contributed by atoms with Crippen molar-refractivity contribution >= 4 is 55.7 Å². The van der Waals surface area contributed by atoms with Crippen LogP contribution in [0.4, 0.5) is 68.1 Å². The molecule has 48 heavy (non-hydrogen) atoms. The van der Waals surface area contributed by atoms with Gasteiger partial charge in [-0.05, 0) is 72.8 Å². The highest BCUT2D eigenvalue weighted by Gasteiger charge is 2.31. The van der Waals surface area contributed by atoms with Gasteiger partial charge in [0.15, 0.2) is 10.3 Å². The minimum atomic E-state index is -4.51. The number of anilines is 4. The summed E-state index contributed by atoms with van der Waals surface area (Å²) < 4.78 is 108. The first-order valence-corrected chi connectivity index (χ1v) is 15.4. The first kappa shape index (κ1) is 32.7. The standard InChI is InChI=1S/C32H18F8N6S2/c33-25-9-7-21(13-23(25)27-15-47-29(43-27)41-19-5-1-3-17(11-19)31(35,36)37)45-46-22-8-10-26(34)24(14-22)28-16-48-30(44-28)42-20-6-2-4-18(12-20)32(38,39)40/h1-16H,(H,41,43)(H,42,44). The summed E-state index contributed by atoms with van der Waals surface area (Å²) in [6.07, 6.45) is -9.03. The summed E-state index contributed by atoms with van der Waals surface area (Å²) >= 11 is 2.13. The fourth-order valence-electron chi connectivity index (χ4n) is 4.36. The van der Waals surface area contributed by atoms with Crippen LogP contribution in [-0.4, -0.2) is 9.97 Å². The van der Waals surface area contributed by atoms with Crippen LogP contribution in [0.3, 0.4) is 0 Å². The molecule has 2 aromatic heterocycles. The zero-order chi connectivity index (χ0) is 34.1. The van der Waals surface area contributed by atoms with Crippen LogP contribution in [0.25, 0.3) is 22.5 Å². The van der Waals surface area contributed by atoms with Crippen molar-refractivity contribution in [2.24, 2.45) is 10.2 Å². The van der Waals surface area contributed by atoms with Gasteiger partial charge in [-0.3, -0.25) is 0 Å². The van der Waals surface area contributed by atoms with E-state index in [-0.39, 0.29) is 55.5 Å². The lowest BCUT2D eigenvalue weighted by atomic mass is 10.1. The molecule has 0 atom stereocenters. The molecule has 0 aliphatic carbocycles. The Bertz CT molecular complexity index is 1970. The molecule has 0 saturated carbocycles. The number of nitrogens with one attached hydrogen (secondary N) is 2. The zero-order valence-electron chi connectivity index (χ0n) is 23.9. The number of hydrogen-bond donors (Lipinski definition) is 2. The molecule has 244 valence electrons. The second-order valence-electron chi connectivity index (χ2n) is 10.0. The van der Waals surface area contributed by atoms with Gasteiger partial charge in [0.2, 0.25) is 0 Å². The Hall–Kier alpha value is -5.22. The van der Waals surface area contributed by atoms with E-state index in [9.17, 15) is 35.1 Å². The Morgan fingerprint density at radius 2 is 0.958 bits per heavy atom. The molecule has 0 bridgehead atoms. The van der Waals surface area contributed by atoms with Gasteiger partial charge in [0.05, 0.1) is 33.9 Å². The molecular weight excluding hydrogens is 685 g/mol. The van der Waals surface area contributed by atoms with Crippen molar-refractivity contribution in [1.29, 1.82) is 0 Å². The molecule has 6 aromatic rings. The van der Waals surface area contributed by atoms with Crippen molar-refractivity contribution < 1.29 is 35.1 Å². The smallest absolute Gasteiger partial charge is 0.332 e. The van der Waals surface area contributed by atoms with Crippen LogP contribution in [0, 0.1) is 11.6 Å². The minimum Gasteiger partial charge on any atom is -0.332 e. The van der Waals surface area contributed by atoms with E-state index >= 15 is 0 Å². The van der Waals surface area contributed by atoms with Gasteiger partial charge in [-0.25, -0.2) is 18.7 Å². The van der Waals surface area contributed by atoms with E-state index in [1.807, 2.05) is 0 Å². The van der Waals surface area contributed by atoms with Crippen molar-refractivity contribution in [2.75, 3.05) is 10.6 Å². The Morgan fingerprint density at radius 3 is 1.35 bits per heavy atom. The predicted molar refractivity (Wildman–Crippen MR) is 169 cm³/mol. The predicted octanol–water partition coefficient (Wildman–Crippen LogP) is 12.2. The van der Waals surface area contributed by atoms with Gasteiger partial charge in [-0.1, -0.05) is 12.1 Å². The third-order valence-electron chi connectivity index (χ3n) is 6.62. The molecule has 2 N–H and O–H groups in total. The number of halogens is 8. The normalized spacial score (nSPS) is 12.1. The first-order chi connectivity index (χ1) is 22.8. The topological polar surface area (TPSA) is 74.6 Å². The largest absolute Gasteiger partial charge is 0.416 e. The third kappa shape index (κ3) is 7.66. The van der Waals surface area contributed by atoms with Crippen molar-refractivity contribution in [3.8, 4) is 22.5 Å². The Labute approximate surface area is 274 Å². The van der Waals surface area contributed by atoms with Gasteiger partial charge in [0, 0.05) is 33.3 Å². The van der Waals surface area contributed by atoms with E-state index in [0.717, 1.165) is 59.1 Å². The molecule has 4 aromatic carbocycles. The fourth-order valence-corrected chi connectivity index (χ4v) is 5.82. The van der Waals surface area contributed by atoms with E-state index in [2.05, 4.69) is 30.8 Å². The molecule has 6 rings (SSSR count). The fraction of sp³-hybridized carbons (Fsp3) is 0.0625. The van der Waals surface area contributed by atoms with Crippen molar-refractivity contribution in [2.45, 2.75) is 12.4 Å². The highest BCUT2D eigenvalue weighted by molar-refractivity contribution is 7.14. The average Bonchev–Trinajstić information content (AvgIpc) is 3.70. The minimum absolute atomic E-state index is 0.0721. The van der Waals surface area contributed by atoms with Crippen LogP contribution >= 0.6 is 22.7 Å². The summed E-state index contributed by atoms with van der Waals surface area (Å²) in [5, 5.41) is 17.4. The third-order valence-corrected chi connectivity index (χ3v) is 8.14. The quantitative estimate of drug-likeness (QED) is 0.122. The maximum atomic E-state index is 14.8. The van der Waals surface area contributed by atoms with Crippen LogP contribution < -0.4 is 10.6 Å². The van der Waals surface area contributed by atoms with Crippen molar-refractivity contribution in [3.05, 3.63) is 118 Å². The lowest BCUT2D eigenvalue weighted by Crippen LogP contribution is -2.05. The number of benzene rings is 4. The summed E-state index contributed by atoms with van der Waals surface area (Å²) in [5.74, 6) is -1.24. The lowest BCUT2D eigenvalue weighted by molar-refractivity contribution is -0.138. The summed E-state index contributed by atoms with van der Waals surface area (Å²) in [5.41, 5.74) is -0.296. The summed E-state index contributed by atoms with van der Waals surface area (Å²) in [6.45, 7) is 0. The maximum Gasteiger partial charge on any atom is 0.416 e. The lowest BCUT2D eigenvalue weighted by Gasteiger charge is -2.09. The first-order valence-electron chi connectivity index (χ1n) is 13.6. The van der Waals surface area contributed by atoms with Gasteiger partial charge >= 0.3 is 12.4 Å². The van der Waals surface area contributed by atoms with Gasteiger partial charge in [-0.15, -0.1) is 22.7 Å². The molecule has 0 radical (unpaired) electrons. The van der Waals surface area contributed by atoms with Crippen molar-refractivity contribution in [1.82, 2.24) is 9.97 Å². The van der Waals surface area contributed by atoms with Gasteiger partial charge < -0.3 is 10.6 Å². The van der Waals surface area contributed by atoms with Gasteiger partial charge in [0.25, 0.3) is 0 Å². The molecule has 16 heteroatoms. The van der Waals surface area contributed by atoms with E-state index in [1.165, 1.54) is 59.3 Å². The number of alkyl halides is 6. The van der Waals surface area contributed by atoms with Crippen molar-refractivity contribution in [3.63, 3.8) is 0 Å². The molecular formula is C32H18F8N6S2. The van der Waals surface area contributed by atoms with Gasteiger partial charge in [-0.2, -0.15) is 36.6 Å². The van der Waals surface area contributed by atoms with Crippen LogP contribution in [-0.2, 0) is 12.4 Å². The Kier molecular flexibility index (Phi) is 8.94. The number of hydrogen-bond acceptors (Lipinski definition) is 8. The molecule has 0 aliphatic rings. The van der Waals surface area contributed by atoms with Crippen LogP contribution in [0.5, 0.6) is 0 Å². The number of azo groups is 1. The maximum absolute atomic E-state index is 14.8. The molecule has 0 aliphatic heterocycles. The molecule has 0 unspecified atom stereocenters. The number of nitrogens with zero attached hydrogens (tertiary/aromatic N) is 4. The van der Waals surface area contributed by atoms with Crippen LogP contribution in [0.1, 0.15) is 11.1 Å². The Morgan fingerprint density at radius 1 is 0.542 bits per heavy atom. The van der Waals surface area contributed by atoms with E-state index in [1.54, 1.807) is 0 Å². The second kappa shape index (κ2) is 13.1. The average molecular weight is 703 g/mol.